The van der Waals surface area contributed by atoms with Gasteiger partial charge >= 0.3 is 0 Å². The molecule has 1 aromatic rings. The second kappa shape index (κ2) is 9.83. The molecule has 1 atom stereocenters. The van der Waals surface area contributed by atoms with E-state index in [2.05, 4.69) is 11.2 Å². The Balaban J connectivity index is 1.61. The van der Waals surface area contributed by atoms with E-state index in [1.165, 1.54) is 0 Å². The first-order valence-electron chi connectivity index (χ1n) is 8.97. The zero-order valence-electron chi connectivity index (χ0n) is 15.5. The molecule has 1 N–H and O–H groups in total. The molecule has 2 saturated heterocycles. The van der Waals surface area contributed by atoms with Crippen molar-refractivity contribution in [1.82, 2.24) is 10.2 Å². The number of nitrogens with one attached hydrogen (secondary N) is 1. The standard InChI is InChI=1S/C20H19ClN2O5S/c1-2-7-28-16-6-5-13(9-15(16)21)10-17-19(25)23(20(26)29-17)12-18(24)22-11-14-4-3-8-27-14/h1,5-6,9-10,14H,3-4,7-8,11-12H2,(H,22,24)/b17-10-/t14-/m1/s1. The number of carbonyl (C=O) groups excluding carboxylic acids is 3. The lowest BCUT2D eigenvalue weighted by Crippen LogP contribution is -2.41. The van der Waals surface area contributed by atoms with E-state index in [1.807, 2.05) is 0 Å². The monoisotopic (exact) mass is 434 g/mol. The van der Waals surface area contributed by atoms with Crippen molar-refractivity contribution in [1.29, 1.82) is 0 Å². The van der Waals surface area contributed by atoms with Gasteiger partial charge < -0.3 is 14.8 Å². The molecular weight excluding hydrogens is 416 g/mol. The first-order valence-corrected chi connectivity index (χ1v) is 10.2. The van der Waals surface area contributed by atoms with Gasteiger partial charge in [-0.05, 0) is 48.4 Å². The number of imide groups is 1. The lowest BCUT2D eigenvalue weighted by Gasteiger charge is -2.14. The van der Waals surface area contributed by atoms with Crippen molar-refractivity contribution >= 4 is 46.5 Å². The molecule has 7 nitrogen and oxygen atoms in total. The summed E-state index contributed by atoms with van der Waals surface area (Å²) in [6, 6.07) is 4.93. The summed E-state index contributed by atoms with van der Waals surface area (Å²) in [6.45, 7) is 0.828. The van der Waals surface area contributed by atoms with Crippen LogP contribution in [0.2, 0.25) is 5.02 Å². The maximum absolute atomic E-state index is 12.5. The van der Waals surface area contributed by atoms with Crippen molar-refractivity contribution in [3.8, 4) is 18.1 Å². The summed E-state index contributed by atoms with van der Waals surface area (Å²) in [6.07, 6.45) is 8.55. The Kier molecular flexibility index (Phi) is 7.20. The van der Waals surface area contributed by atoms with Gasteiger partial charge in [0.1, 0.15) is 18.9 Å². The Labute approximate surface area is 177 Å². The summed E-state index contributed by atoms with van der Waals surface area (Å²) in [7, 11) is 0. The molecule has 0 spiro atoms. The maximum atomic E-state index is 12.5. The number of hydrogen-bond donors (Lipinski definition) is 1. The number of hydrogen-bond acceptors (Lipinski definition) is 6. The molecule has 0 radical (unpaired) electrons. The highest BCUT2D eigenvalue weighted by Crippen LogP contribution is 2.33. The number of halogens is 1. The lowest BCUT2D eigenvalue weighted by atomic mass is 10.2. The Morgan fingerprint density at radius 1 is 1.48 bits per heavy atom. The average molecular weight is 435 g/mol. The number of terminal acetylenes is 1. The topological polar surface area (TPSA) is 84.9 Å². The van der Waals surface area contributed by atoms with Gasteiger partial charge in [-0.15, -0.1) is 6.42 Å². The third kappa shape index (κ3) is 5.54. The van der Waals surface area contributed by atoms with Crippen molar-refractivity contribution in [2.45, 2.75) is 18.9 Å². The Morgan fingerprint density at radius 3 is 3.00 bits per heavy atom. The lowest BCUT2D eigenvalue weighted by molar-refractivity contribution is -0.129. The molecule has 152 valence electrons. The van der Waals surface area contributed by atoms with Crippen molar-refractivity contribution in [3.05, 3.63) is 33.7 Å². The highest BCUT2D eigenvalue weighted by atomic mass is 35.5. The van der Waals surface area contributed by atoms with Crippen LogP contribution in [0.1, 0.15) is 18.4 Å². The van der Waals surface area contributed by atoms with Gasteiger partial charge in [0.25, 0.3) is 11.1 Å². The minimum Gasteiger partial charge on any atom is -0.479 e. The van der Waals surface area contributed by atoms with Gasteiger partial charge in [-0.1, -0.05) is 23.6 Å². The molecule has 0 aliphatic carbocycles. The van der Waals surface area contributed by atoms with Crippen LogP contribution < -0.4 is 10.1 Å². The largest absolute Gasteiger partial charge is 0.479 e. The second-order valence-electron chi connectivity index (χ2n) is 6.39. The van der Waals surface area contributed by atoms with Gasteiger partial charge in [0, 0.05) is 13.2 Å². The predicted octanol–water partition coefficient (Wildman–Crippen LogP) is 2.68. The van der Waals surface area contributed by atoms with Crippen LogP contribution >= 0.6 is 23.4 Å². The zero-order valence-corrected chi connectivity index (χ0v) is 17.1. The summed E-state index contributed by atoms with van der Waals surface area (Å²) in [5, 5.41) is 2.55. The van der Waals surface area contributed by atoms with Gasteiger partial charge in [-0.3, -0.25) is 19.3 Å². The summed E-state index contributed by atoms with van der Waals surface area (Å²) < 4.78 is 10.7. The molecule has 0 saturated carbocycles. The van der Waals surface area contributed by atoms with Crippen LogP contribution in [-0.4, -0.2) is 54.4 Å². The molecule has 2 aliphatic heterocycles. The summed E-state index contributed by atoms with van der Waals surface area (Å²) in [5.41, 5.74) is 0.622. The molecule has 3 rings (SSSR count). The van der Waals surface area contributed by atoms with E-state index in [-0.39, 0.29) is 24.2 Å². The highest BCUT2D eigenvalue weighted by molar-refractivity contribution is 8.18. The molecule has 9 heteroatoms. The summed E-state index contributed by atoms with van der Waals surface area (Å²) in [5.74, 6) is 1.86. The third-order valence-electron chi connectivity index (χ3n) is 4.29. The second-order valence-corrected chi connectivity index (χ2v) is 7.79. The molecule has 3 amide bonds. The fourth-order valence-electron chi connectivity index (χ4n) is 2.86. The van der Waals surface area contributed by atoms with Crippen LogP contribution in [0.5, 0.6) is 5.75 Å². The first kappa shape index (κ1) is 21.2. The molecule has 2 aliphatic rings. The van der Waals surface area contributed by atoms with Gasteiger partial charge in [-0.2, -0.15) is 0 Å². The van der Waals surface area contributed by atoms with Crippen molar-refractivity contribution in [3.63, 3.8) is 0 Å². The number of ether oxygens (including phenoxy) is 2. The van der Waals surface area contributed by atoms with Crippen LogP contribution in [0.4, 0.5) is 4.79 Å². The molecule has 29 heavy (non-hydrogen) atoms. The van der Waals surface area contributed by atoms with E-state index in [0.29, 0.717) is 29.5 Å². The van der Waals surface area contributed by atoms with E-state index in [0.717, 1.165) is 29.5 Å². The van der Waals surface area contributed by atoms with Gasteiger partial charge in [-0.25, -0.2) is 0 Å². The number of nitrogens with zero attached hydrogens (tertiary/aromatic N) is 1. The molecule has 2 heterocycles. The Morgan fingerprint density at radius 2 is 2.31 bits per heavy atom. The van der Waals surface area contributed by atoms with E-state index in [9.17, 15) is 14.4 Å². The fourth-order valence-corrected chi connectivity index (χ4v) is 3.95. The number of rotatable bonds is 7. The summed E-state index contributed by atoms with van der Waals surface area (Å²) in [4.78, 5) is 38.0. The van der Waals surface area contributed by atoms with Crippen molar-refractivity contribution < 1.29 is 23.9 Å². The minimum atomic E-state index is -0.518. The van der Waals surface area contributed by atoms with Gasteiger partial charge in [0.15, 0.2) is 0 Å². The van der Waals surface area contributed by atoms with E-state index < -0.39 is 17.1 Å². The molecule has 2 fully saturated rings. The van der Waals surface area contributed by atoms with Crippen LogP contribution in [0, 0.1) is 12.3 Å². The molecule has 0 bridgehead atoms. The van der Waals surface area contributed by atoms with E-state index >= 15 is 0 Å². The predicted molar refractivity (Wildman–Crippen MR) is 110 cm³/mol. The van der Waals surface area contributed by atoms with Crippen molar-refractivity contribution in [2.24, 2.45) is 0 Å². The van der Waals surface area contributed by atoms with Gasteiger partial charge in [0.05, 0.1) is 16.0 Å². The van der Waals surface area contributed by atoms with Gasteiger partial charge in [0.2, 0.25) is 5.91 Å². The Hall–Kier alpha value is -2.47. The number of thioether (sulfide) groups is 1. The first-order chi connectivity index (χ1) is 14.0. The van der Waals surface area contributed by atoms with E-state index in [1.54, 1.807) is 24.3 Å². The van der Waals surface area contributed by atoms with Crippen LogP contribution in [0.3, 0.4) is 0 Å². The normalized spacial score (nSPS) is 20.2. The van der Waals surface area contributed by atoms with Crippen LogP contribution in [0.15, 0.2) is 23.1 Å². The molecule has 0 unspecified atom stereocenters. The average Bonchev–Trinajstić information content (AvgIpc) is 3.30. The fraction of sp³-hybridized carbons (Fsp3) is 0.350. The van der Waals surface area contributed by atoms with Crippen LogP contribution in [-0.2, 0) is 14.3 Å². The highest BCUT2D eigenvalue weighted by Gasteiger charge is 2.36. The SMILES string of the molecule is C#CCOc1ccc(/C=C2\SC(=O)N(CC(=O)NC[C@H]3CCCO3)C2=O)cc1Cl. The Bertz CT molecular complexity index is 889. The minimum absolute atomic E-state index is 0.00824. The quantitative estimate of drug-likeness (QED) is 0.524. The number of carbonyl (C=O) groups is 3. The molecule has 0 aromatic heterocycles. The maximum Gasteiger partial charge on any atom is 0.294 e. The summed E-state index contributed by atoms with van der Waals surface area (Å²) >= 11 is 6.93. The smallest absolute Gasteiger partial charge is 0.294 e. The molecule has 1 aromatic carbocycles. The number of benzene rings is 1. The number of amides is 3. The molecular formula is C20H19ClN2O5S. The third-order valence-corrected chi connectivity index (χ3v) is 5.49. The van der Waals surface area contributed by atoms with E-state index in [4.69, 9.17) is 27.5 Å². The zero-order chi connectivity index (χ0) is 20.8. The van der Waals surface area contributed by atoms with Crippen LogP contribution in [0.25, 0.3) is 6.08 Å². The van der Waals surface area contributed by atoms with Crippen molar-refractivity contribution in [2.75, 3.05) is 26.3 Å².